The smallest absolute Gasteiger partial charge is 0.409 e. The highest BCUT2D eigenvalue weighted by atomic mass is 32.3. The van der Waals surface area contributed by atoms with Crippen LogP contribution in [0.3, 0.4) is 0 Å². The van der Waals surface area contributed by atoms with Crippen molar-refractivity contribution in [2.45, 2.75) is 31.2 Å². The first kappa shape index (κ1) is 26.0. The number of benzene rings is 3. The van der Waals surface area contributed by atoms with Crippen molar-refractivity contribution in [2.75, 3.05) is 32.8 Å². The molecule has 1 aliphatic heterocycles. The van der Waals surface area contributed by atoms with Crippen molar-refractivity contribution in [3.8, 4) is 23.5 Å². The van der Waals surface area contributed by atoms with Gasteiger partial charge in [-0.05, 0) is 58.9 Å². The van der Waals surface area contributed by atoms with Crippen LogP contribution >= 0.6 is 0 Å². The Kier molecular flexibility index (Phi) is 6.99. The normalized spacial score (nSPS) is 15.6. The first-order chi connectivity index (χ1) is 18.2. The molecule has 1 fully saturated rings. The molecule has 3 aromatic carbocycles. The van der Waals surface area contributed by atoms with Gasteiger partial charge < -0.3 is 9.64 Å². The van der Waals surface area contributed by atoms with Gasteiger partial charge in [0.05, 0.1) is 0 Å². The topological polar surface area (TPSA) is 66.9 Å². The van der Waals surface area contributed by atoms with Crippen LogP contribution in [0.15, 0.2) is 59.5 Å². The second kappa shape index (κ2) is 10.2. The van der Waals surface area contributed by atoms with E-state index >= 15 is 0 Å². The second-order valence-corrected chi connectivity index (χ2v) is 11.1. The molecule has 0 unspecified atom stereocenters. The summed E-state index contributed by atoms with van der Waals surface area (Å²) in [4.78, 5) is 16.4. The number of carbonyl (C=O) groups excluding carboxylic acids is 1. The van der Waals surface area contributed by atoms with Gasteiger partial charge in [-0.2, -0.15) is 8.42 Å². The predicted molar refractivity (Wildman–Crippen MR) is 144 cm³/mol. The zero-order valence-electron chi connectivity index (χ0n) is 21.4. The Bertz CT molecular complexity index is 1510. The Balaban J connectivity index is 1.22. The molecule has 0 bridgehead atoms. The highest BCUT2D eigenvalue weighted by Crippen LogP contribution is 2.44. The van der Waals surface area contributed by atoms with Crippen LogP contribution in [-0.2, 0) is 21.5 Å². The lowest BCUT2D eigenvalue weighted by Crippen LogP contribution is -2.48. The number of fused-ring (bicyclic) bond motifs is 3. The van der Waals surface area contributed by atoms with Crippen molar-refractivity contribution in [3.63, 3.8) is 0 Å². The molecule has 0 aromatic heterocycles. The SMILES string of the molecule is C#Cc1cc(CN2CCN(C(=O)OCC3c4ccccc4-c4ccccc43)CC2)c(C)c(S(=O)(=O)F)c1C. The lowest BCUT2D eigenvalue weighted by Gasteiger charge is -2.34. The van der Waals surface area contributed by atoms with Crippen LogP contribution in [0.5, 0.6) is 0 Å². The number of rotatable bonds is 5. The summed E-state index contributed by atoms with van der Waals surface area (Å²) in [5.74, 6) is 2.47. The number of piperazine rings is 1. The average molecular weight is 533 g/mol. The fourth-order valence-corrected chi connectivity index (χ4v) is 6.61. The van der Waals surface area contributed by atoms with Gasteiger partial charge in [0, 0.05) is 44.2 Å². The molecule has 1 saturated heterocycles. The standard InChI is InChI=1S/C30H29FN2O4S/c1-4-22-17-23(21(3)29(20(22)2)38(31,35)36)18-32-13-15-33(16-14-32)30(34)37-19-28-26-11-7-5-9-24(26)25-10-6-8-12-27(25)28/h1,5-12,17,28H,13-16,18-19H2,2-3H3. The van der Waals surface area contributed by atoms with Gasteiger partial charge in [0.1, 0.15) is 11.5 Å². The quantitative estimate of drug-likeness (QED) is 0.341. The Labute approximate surface area is 223 Å². The molecule has 0 radical (unpaired) electrons. The molecule has 196 valence electrons. The van der Waals surface area contributed by atoms with E-state index in [1.807, 2.05) is 24.3 Å². The van der Waals surface area contributed by atoms with E-state index < -0.39 is 10.2 Å². The molecule has 1 heterocycles. The molecule has 1 amide bonds. The van der Waals surface area contributed by atoms with Crippen LogP contribution < -0.4 is 0 Å². The average Bonchev–Trinajstić information content (AvgIpc) is 3.22. The van der Waals surface area contributed by atoms with Gasteiger partial charge in [-0.1, -0.05) is 54.5 Å². The Morgan fingerprint density at radius 2 is 1.58 bits per heavy atom. The Morgan fingerprint density at radius 3 is 2.13 bits per heavy atom. The van der Waals surface area contributed by atoms with E-state index in [2.05, 4.69) is 35.1 Å². The number of halogens is 1. The van der Waals surface area contributed by atoms with E-state index in [9.17, 15) is 17.1 Å². The van der Waals surface area contributed by atoms with Gasteiger partial charge in [0.2, 0.25) is 0 Å². The fraction of sp³-hybridized carbons (Fsp3) is 0.300. The summed E-state index contributed by atoms with van der Waals surface area (Å²) in [5, 5.41) is 0. The maximum Gasteiger partial charge on any atom is 0.409 e. The van der Waals surface area contributed by atoms with Gasteiger partial charge >= 0.3 is 16.3 Å². The lowest BCUT2D eigenvalue weighted by atomic mass is 9.98. The minimum Gasteiger partial charge on any atom is -0.448 e. The Hall–Kier alpha value is -3.67. The van der Waals surface area contributed by atoms with E-state index in [0.717, 1.165) is 0 Å². The number of ether oxygens (including phenoxy) is 1. The third-order valence-corrected chi connectivity index (χ3v) is 8.75. The van der Waals surface area contributed by atoms with E-state index in [4.69, 9.17) is 11.2 Å². The molecule has 3 aromatic rings. The third-order valence-electron chi connectivity index (χ3n) is 7.65. The molecule has 0 spiro atoms. The number of carbonyl (C=O) groups is 1. The fourth-order valence-electron chi connectivity index (χ4n) is 5.63. The number of terminal acetylenes is 1. The summed E-state index contributed by atoms with van der Waals surface area (Å²) in [7, 11) is -4.91. The van der Waals surface area contributed by atoms with Gasteiger partial charge in [0.25, 0.3) is 0 Å². The number of amides is 1. The van der Waals surface area contributed by atoms with Crippen LogP contribution in [0, 0.1) is 26.2 Å². The van der Waals surface area contributed by atoms with Gasteiger partial charge in [0.15, 0.2) is 0 Å². The molecule has 0 atom stereocenters. The van der Waals surface area contributed by atoms with Crippen molar-refractivity contribution in [3.05, 3.63) is 88.0 Å². The lowest BCUT2D eigenvalue weighted by molar-refractivity contribution is 0.0728. The van der Waals surface area contributed by atoms with Gasteiger partial charge in [-0.25, -0.2) is 4.79 Å². The van der Waals surface area contributed by atoms with E-state index in [-0.39, 0.29) is 29.1 Å². The summed E-state index contributed by atoms with van der Waals surface area (Å²) in [6, 6.07) is 18.2. The van der Waals surface area contributed by atoms with Crippen molar-refractivity contribution < 1.29 is 21.8 Å². The van der Waals surface area contributed by atoms with Crippen molar-refractivity contribution in [1.82, 2.24) is 9.80 Å². The van der Waals surface area contributed by atoms with Gasteiger partial charge in [-0.15, -0.1) is 10.3 Å². The second-order valence-electron chi connectivity index (χ2n) is 9.81. The summed E-state index contributed by atoms with van der Waals surface area (Å²) in [5.41, 5.74) is 6.33. The largest absolute Gasteiger partial charge is 0.448 e. The molecule has 8 heteroatoms. The zero-order valence-corrected chi connectivity index (χ0v) is 22.2. The summed E-state index contributed by atoms with van der Waals surface area (Å²) < 4.78 is 43.4. The molecular weight excluding hydrogens is 503 g/mol. The number of hydrogen-bond acceptors (Lipinski definition) is 5. The van der Waals surface area contributed by atoms with Crippen LogP contribution in [0.25, 0.3) is 11.1 Å². The summed E-state index contributed by atoms with van der Waals surface area (Å²) in [6.07, 6.45) is 5.21. The molecule has 5 rings (SSSR count). The van der Waals surface area contributed by atoms with E-state index in [0.29, 0.717) is 49.4 Å². The highest BCUT2D eigenvalue weighted by molar-refractivity contribution is 7.86. The number of nitrogens with zero attached hydrogens (tertiary/aromatic N) is 2. The van der Waals surface area contributed by atoms with Crippen molar-refractivity contribution >= 4 is 16.3 Å². The van der Waals surface area contributed by atoms with Crippen LogP contribution in [0.1, 0.15) is 39.3 Å². The molecule has 0 saturated carbocycles. The van der Waals surface area contributed by atoms with E-state index in [1.165, 1.54) is 29.2 Å². The molecule has 2 aliphatic rings. The van der Waals surface area contributed by atoms with Crippen molar-refractivity contribution in [2.24, 2.45) is 0 Å². The van der Waals surface area contributed by atoms with Crippen molar-refractivity contribution in [1.29, 1.82) is 0 Å². The summed E-state index contributed by atoms with van der Waals surface area (Å²) in [6.45, 7) is 5.87. The summed E-state index contributed by atoms with van der Waals surface area (Å²) >= 11 is 0. The maximum absolute atomic E-state index is 14.0. The van der Waals surface area contributed by atoms with Crippen LogP contribution in [0.4, 0.5) is 8.68 Å². The monoisotopic (exact) mass is 532 g/mol. The predicted octanol–water partition coefficient (Wildman–Crippen LogP) is 5.01. The Morgan fingerprint density at radius 1 is 1.00 bits per heavy atom. The highest BCUT2D eigenvalue weighted by Gasteiger charge is 2.31. The molecule has 1 aliphatic carbocycles. The molecule has 0 N–H and O–H groups in total. The van der Waals surface area contributed by atoms with E-state index in [1.54, 1.807) is 17.9 Å². The zero-order chi connectivity index (χ0) is 27.0. The minimum atomic E-state index is -4.91. The maximum atomic E-state index is 14.0. The molecule has 38 heavy (non-hydrogen) atoms. The molecule has 6 nitrogen and oxygen atoms in total. The third kappa shape index (κ3) is 4.80. The first-order valence-electron chi connectivity index (χ1n) is 12.6. The first-order valence-corrected chi connectivity index (χ1v) is 13.9. The van der Waals surface area contributed by atoms with Crippen LogP contribution in [-0.4, -0.2) is 57.1 Å². The van der Waals surface area contributed by atoms with Crippen LogP contribution in [0.2, 0.25) is 0 Å². The minimum absolute atomic E-state index is 0.00322. The van der Waals surface area contributed by atoms with Gasteiger partial charge in [-0.3, -0.25) is 4.90 Å². The molecular formula is C30H29FN2O4S. The number of hydrogen-bond donors (Lipinski definition) is 0.